The van der Waals surface area contributed by atoms with Crippen molar-refractivity contribution in [3.8, 4) is 0 Å². The van der Waals surface area contributed by atoms with Gasteiger partial charge in [-0.1, -0.05) is 0 Å². The molecule has 1 atom stereocenters. The van der Waals surface area contributed by atoms with E-state index in [1.165, 1.54) is 0 Å². The molecule has 0 spiro atoms. The van der Waals surface area contributed by atoms with E-state index in [2.05, 4.69) is 4.90 Å². The molecule has 1 rings (SSSR count). The van der Waals surface area contributed by atoms with Gasteiger partial charge in [0.25, 0.3) is 0 Å². The van der Waals surface area contributed by atoms with Crippen molar-refractivity contribution in [2.45, 2.75) is 12.5 Å². The van der Waals surface area contributed by atoms with Crippen LogP contribution >= 0.6 is 0 Å². The van der Waals surface area contributed by atoms with E-state index in [-0.39, 0.29) is 11.4 Å². The van der Waals surface area contributed by atoms with E-state index >= 15 is 0 Å². The maximum absolute atomic E-state index is 10.6. The van der Waals surface area contributed by atoms with E-state index < -0.39 is 11.1 Å². The normalized spacial score (nSPS) is 24.9. The highest BCUT2D eigenvalue weighted by atomic mass is 32.2. The lowest BCUT2D eigenvalue weighted by Gasteiger charge is -2.47. The minimum atomic E-state index is -1.75. The first-order chi connectivity index (χ1) is 5.58. The van der Waals surface area contributed by atoms with E-state index in [0.717, 1.165) is 13.1 Å². The lowest BCUT2D eigenvalue weighted by Crippen LogP contribution is -2.64. The van der Waals surface area contributed by atoms with Gasteiger partial charge >= 0.3 is 0 Å². The summed E-state index contributed by atoms with van der Waals surface area (Å²) < 4.78 is 24.8. The van der Waals surface area contributed by atoms with Crippen molar-refractivity contribution in [3.63, 3.8) is 0 Å². The van der Waals surface area contributed by atoms with Gasteiger partial charge in [-0.05, 0) is 14.0 Å². The number of hydrogen-bond acceptors (Lipinski definition) is 3. The summed E-state index contributed by atoms with van der Waals surface area (Å²) in [5.74, 6) is 0.227. The third-order valence-electron chi connectivity index (χ3n) is 1.95. The Morgan fingerprint density at radius 2 is 2.25 bits per heavy atom. The number of ether oxygens (including phenoxy) is 1. The summed E-state index contributed by atoms with van der Waals surface area (Å²) in [6.07, 6.45) is 0. The Kier molecular flexibility index (Phi) is 3.22. The van der Waals surface area contributed by atoms with Crippen molar-refractivity contribution >= 4 is 11.1 Å². The van der Waals surface area contributed by atoms with Gasteiger partial charge in [-0.15, -0.1) is 0 Å². The molecule has 72 valence electrons. The lowest BCUT2D eigenvalue weighted by atomic mass is 9.97. The van der Waals surface area contributed by atoms with E-state index in [9.17, 15) is 4.21 Å². The van der Waals surface area contributed by atoms with Gasteiger partial charge in [0, 0.05) is 19.7 Å². The molecule has 5 heteroatoms. The van der Waals surface area contributed by atoms with Crippen LogP contribution in [0.2, 0.25) is 0 Å². The second kappa shape index (κ2) is 3.83. The van der Waals surface area contributed by atoms with Crippen LogP contribution in [0.4, 0.5) is 0 Å². The van der Waals surface area contributed by atoms with Crippen LogP contribution in [0.1, 0.15) is 6.92 Å². The fourth-order valence-electron chi connectivity index (χ4n) is 1.69. The van der Waals surface area contributed by atoms with Gasteiger partial charge in [-0.25, -0.2) is 4.21 Å². The van der Waals surface area contributed by atoms with Gasteiger partial charge in [-0.3, -0.25) is 0 Å². The van der Waals surface area contributed by atoms with Crippen molar-refractivity contribution in [1.29, 1.82) is 0 Å². The number of rotatable bonds is 4. The standard InChI is InChI=1S/C7H15NO3S/c1-3-11-7(6-12(9)10)4-8(2)5-7/h3-6H2,1-2H3,(H,9,10). The lowest BCUT2D eigenvalue weighted by molar-refractivity contribution is -0.116. The van der Waals surface area contributed by atoms with Crippen LogP contribution in [0.5, 0.6) is 0 Å². The predicted octanol–water partition coefficient (Wildman–Crippen LogP) is -0.0712. The summed E-state index contributed by atoms with van der Waals surface area (Å²) in [4.78, 5) is 2.07. The van der Waals surface area contributed by atoms with E-state index in [0.29, 0.717) is 6.61 Å². The highest BCUT2D eigenvalue weighted by Crippen LogP contribution is 2.24. The molecule has 0 aromatic carbocycles. The fraction of sp³-hybridized carbons (Fsp3) is 1.00. The molecular weight excluding hydrogens is 178 g/mol. The summed E-state index contributed by atoms with van der Waals surface area (Å²) in [5, 5.41) is 0. The summed E-state index contributed by atoms with van der Waals surface area (Å²) in [5.41, 5.74) is -0.358. The fourth-order valence-corrected chi connectivity index (χ4v) is 2.41. The zero-order valence-corrected chi connectivity index (χ0v) is 8.26. The third-order valence-corrected chi connectivity index (χ3v) is 2.73. The third kappa shape index (κ3) is 2.26. The zero-order valence-electron chi connectivity index (χ0n) is 7.45. The molecule has 1 aliphatic heterocycles. The average Bonchev–Trinajstić information content (AvgIpc) is 1.83. The Morgan fingerprint density at radius 1 is 1.67 bits per heavy atom. The SMILES string of the molecule is CCOC1(CS(=O)O)CN(C)C1. The molecule has 1 fully saturated rings. The highest BCUT2D eigenvalue weighted by Gasteiger charge is 2.43. The molecule has 1 heterocycles. The summed E-state index contributed by atoms with van der Waals surface area (Å²) in [6, 6.07) is 0. The molecule has 0 aliphatic carbocycles. The molecule has 0 radical (unpaired) electrons. The van der Waals surface area contributed by atoms with Crippen molar-refractivity contribution in [2.24, 2.45) is 0 Å². The molecule has 1 unspecified atom stereocenters. The van der Waals surface area contributed by atoms with Crippen molar-refractivity contribution < 1.29 is 13.5 Å². The van der Waals surface area contributed by atoms with Gasteiger partial charge < -0.3 is 14.2 Å². The Morgan fingerprint density at radius 3 is 2.58 bits per heavy atom. The maximum atomic E-state index is 10.6. The quantitative estimate of drug-likeness (QED) is 0.635. The monoisotopic (exact) mass is 193 g/mol. The van der Waals surface area contributed by atoms with Crippen LogP contribution in [0.25, 0.3) is 0 Å². The summed E-state index contributed by atoms with van der Waals surface area (Å²) in [6.45, 7) is 4.02. The molecule has 0 saturated carbocycles. The molecular formula is C7H15NO3S. The van der Waals surface area contributed by atoms with E-state index in [1.54, 1.807) is 0 Å². The number of likely N-dealkylation sites (N-methyl/N-ethyl adjacent to an activating group) is 1. The molecule has 1 N–H and O–H groups in total. The van der Waals surface area contributed by atoms with Gasteiger partial charge in [0.1, 0.15) is 5.60 Å². The topological polar surface area (TPSA) is 49.8 Å². The molecule has 1 aliphatic rings. The van der Waals surface area contributed by atoms with Crippen LogP contribution in [0.3, 0.4) is 0 Å². The van der Waals surface area contributed by atoms with Crippen molar-refractivity contribution in [2.75, 3.05) is 32.5 Å². The zero-order chi connectivity index (χ0) is 9.19. The largest absolute Gasteiger partial charge is 0.372 e. The smallest absolute Gasteiger partial charge is 0.155 e. The number of hydrogen-bond donors (Lipinski definition) is 1. The molecule has 1 saturated heterocycles. The second-order valence-corrected chi connectivity index (χ2v) is 4.19. The van der Waals surface area contributed by atoms with E-state index in [1.807, 2.05) is 14.0 Å². The first-order valence-corrected chi connectivity index (χ1v) is 5.25. The van der Waals surface area contributed by atoms with Gasteiger partial charge in [-0.2, -0.15) is 0 Å². The Hall–Kier alpha value is 0.0300. The van der Waals surface area contributed by atoms with Gasteiger partial charge in [0.05, 0.1) is 5.75 Å². The molecule has 0 aromatic heterocycles. The van der Waals surface area contributed by atoms with Crippen molar-refractivity contribution in [1.82, 2.24) is 4.90 Å². The predicted molar refractivity (Wildman–Crippen MR) is 47.5 cm³/mol. The minimum Gasteiger partial charge on any atom is -0.372 e. The molecule has 0 aromatic rings. The maximum Gasteiger partial charge on any atom is 0.155 e. The second-order valence-electron chi connectivity index (χ2n) is 3.25. The number of likely N-dealkylation sites (tertiary alicyclic amines) is 1. The van der Waals surface area contributed by atoms with Crippen LogP contribution in [-0.4, -0.2) is 51.8 Å². The first kappa shape index (κ1) is 10.1. The van der Waals surface area contributed by atoms with Crippen LogP contribution < -0.4 is 0 Å². The van der Waals surface area contributed by atoms with Crippen LogP contribution in [0, 0.1) is 0 Å². The summed E-state index contributed by atoms with van der Waals surface area (Å²) in [7, 11) is 1.97. The molecule has 12 heavy (non-hydrogen) atoms. The molecule has 0 amide bonds. The first-order valence-electron chi connectivity index (χ1n) is 3.98. The van der Waals surface area contributed by atoms with Gasteiger partial charge in [0.2, 0.25) is 0 Å². The van der Waals surface area contributed by atoms with Gasteiger partial charge in [0.15, 0.2) is 11.1 Å². The van der Waals surface area contributed by atoms with Crippen LogP contribution in [-0.2, 0) is 15.8 Å². The Balaban J connectivity index is 2.44. The molecule has 4 nitrogen and oxygen atoms in total. The highest BCUT2D eigenvalue weighted by molar-refractivity contribution is 7.79. The van der Waals surface area contributed by atoms with Crippen molar-refractivity contribution in [3.05, 3.63) is 0 Å². The number of nitrogens with zero attached hydrogens (tertiary/aromatic N) is 1. The average molecular weight is 193 g/mol. The van der Waals surface area contributed by atoms with Crippen LogP contribution in [0.15, 0.2) is 0 Å². The Bertz CT molecular complexity index is 174. The summed E-state index contributed by atoms with van der Waals surface area (Å²) >= 11 is -1.75. The van der Waals surface area contributed by atoms with E-state index in [4.69, 9.17) is 9.29 Å². The Labute approximate surface area is 75.2 Å². The molecule has 0 bridgehead atoms. The minimum absolute atomic E-state index is 0.227.